The quantitative estimate of drug-likeness (QED) is 0.237. The maximum Gasteiger partial charge on any atom is 0.315 e. The molecule has 0 aromatic carbocycles. The number of aromatic nitrogens is 1. The summed E-state index contributed by atoms with van der Waals surface area (Å²) in [7, 11) is 0. The fourth-order valence-corrected chi connectivity index (χ4v) is 8.07. The number of hydrogen-bond donors (Lipinski definition) is 4. The zero-order valence-corrected chi connectivity index (χ0v) is 28.2. The molecule has 1 aliphatic heterocycles. The van der Waals surface area contributed by atoms with Crippen molar-refractivity contribution < 1.29 is 24.0 Å². The predicted molar refractivity (Wildman–Crippen MR) is 178 cm³/mol. The third-order valence-corrected chi connectivity index (χ3v) is 11.1. The smallest absolute Gasteiger partial charge is 0.315 e. The molecule has 1 aromatic heterocycles. The summed E-state index contributed by atoms with van der Waals surface area (Å²) in [5, 5.41) is 9.24. The monoisotopic (exact) mass is 650 g/mol. The Kier molecular flexibility index (Phi) is 11.6. The third-order valence-electron chi connectivity index (χ3n) is 11.1. The van der Waals surface area contributed by atoms with E-state index in [0.717, 1.165) is 82.7 Å². The Morgan fingerprint density at radius 3 is 2.26 bits per heavy atom. The van der Waals surface area contributed by atoms with Gasteiger partial charge in [-0.05, 0) is 74.3 Å². The number of ketones is 1. The Labute approximate surface area is 278 Å². The van der Waals surface area contributed by atoms with Gasteiger partial charge in [0.15, 0.2) is 0 Å². The molecule has 0 spiro atoms. The highest BCUT2D eigenvalue weighted by Gasteiger charge is 2.46. The molecule has 5 amide bonds. The minimum Gasteiger partial charge on any atom is -0.363 e. The van der Waals surface area contributed by atoms with Crippen molar-refractivity contribution in [1.82, 2.24) is 25.8 Å². The van der Waals surface area contributed by atoms with Gasteiger partial charge >= 0.3 is 6.03 Å². The van der Waals surface area contributed by atoms with Crippen molar-refractivity contribution in [2.45, 2.75) is 134 Å². The van der Waals surface area contributed by atoms with Gasteiger partial charge in [0.2, 0.25) is 17.6 Å². The molecular weight excluding hydrogens is 596 g/mol. The number of hydrogen-bond acceptors (Lipinski definition) is 6. The summed E-state index contributed by atoms with van der Waals surface area (Å²) in [5.74, 6) is -2.03. The van der Waals surface area contributed by atoms with Gasteiger partial charge in [0, 0.05) is 30.4 Å². The number of urea groups is 1. The molecule has 47 heavy (non-hydrogen) atoms. The van der Waals surface area contributed by atoms with Crippen LogP contribution in [0.25, 0.3) is 0 Å². The van der Waals surface area contributed by atoms with Crippen LogP contribution in [-0.4, -0.2) is 69.6 Å². The van der Waals surface area contributed by atoms with E-state index in [1.54, 1.807) is 11.1 Å². The lowest BCUT2D eigenvalue weighted by Crippen LogP contribution is -2.61. The Hall–Kier alpha value is -3.50. The van der Waals surface area contributed by atoms with Crippen LogP contribution in [0.1, 0.15) is 109 Å². The van der Waals surface area contributed by atoms with Crippen molar-refractivity contribution in [3.8, 4) is 0 Å². The second-order valence-corrected chi connectivity index (χ2v) is 15.0. The van der Waals surface area contributed by atoms with E-state index >= 15 is 0 Å². The van der Waals surface area contributed by atoms with Gasteiger partial charge in [-0.25, -0.2) is 4.79 Å². The van der Waals surface area contributed by atoms with Crippen LogP contribution in [0.2, 0.25) is 0 Å². The molecule has 5 rings (SSSR count). The molecule has 1 aromatic rings. The molecule has 3 aliphatic carbocycles. The number of amides is 5. The van der Waals surface area contributed by atoms with Crippen molar-refractivity contribution in [2.24, 2.45) is 29.4 Å². The maximum absolute atomic E-state index is 14.6. The Morgan fingerprint density at radius 2 is 1.64 bits per heavy atom. The van der Waals surface area contributed by atoms with Crippen LogP contribution in [-0.2, 0) is 25.6 Å². The van der Waals surface area contributed by atoms with E-state index in [1.807, 2.05) is 18.2 Å². The van der Waals surface area contributed by atoms with E-state index in [1.165, 1.54) is 0 Å². The van der Waals surface area contributed by atoms with Crippen molar-refractivity contribution in [3.63, 3.8) is 0 Å². The van der Waals surface area contributed by atoms with Crippen LogP contribution in [0.15, 0.2) is 24.4 Å². The Balaban J connectivity index is 1.35. The standard InChI is InChI=1S/C36H54N6O5/c1-23(2)26-20-29(33(45)39-28(19-24-14-15-24)31(43)32(37)44)42(22-26)34(46)30(25-11-5-3-6-12-25)40-35(47)41-36(16-8-4-9-17-36)21-27-13-7-10-18-38-27/h7,10,13,18,23-26,28-30H,3-6,8-9,11-12,14-17,19-22H2,1-2H3,(H2,37,44)(H,39,45)(H2,40,41,47)/t26-,28?,29+,30+/m1/s1. The summed E-state index contributed by atoms with van der Waals surface area (Å²) in [4.78, 5) is 73.0. The molecule has 0 radical (unpaired) electrons. The number of nitrogens with two attached hydrogens (primary N) is 1. The van der Waals surface area contributed by atoms with Gasteiger partial charge in [-0.15, -0.1) is 0 Å². The van der Waals surface area contributed by atoms with Crippen molar-refractivity contribution >= 4 is 29.5 Å². The molecule has 4 atom stereocenters. The molecular formula is C36H54N6O5. The van der Waals surface area contributed by atoms with E-state index in [9.17, 15) is 24.0 Å². The molecule has 1 saturated heterocycles. The molecule has 258 valence electrons. The van der Waals surface area contributed by atoms with Gasteiger partial charge in [-0.1, -0.05) is 71.3 Å². The van der Waals surface area contributed by atoms with Crippen LogP contribution in [0.3, 0.4) is 0 Å². The van der Waals surface area contributed by atoms with E-state index in [-0.39, 0.29) is 35.6 Å². The summed E-state index contributed by atoms with van der Waals surface area (Å²) < 4.78 is 0. The number of pyridine rings is 1. The lowest BCUT2D eigenvalue weighted by atomic mass is 9.78. The summed E-state index contributed by atoms with van der Waals surface area (Å²) in [6, 6.07) is 2.90. The Morgan fingerprint density at radius 1 is 0.936 bits per heavy atom. The third kappa shape index (κ3) is 9.11. The highest BCUT2D eigenvalue weighted by atomic mass is 16.2. The van der Waals surface area contributed by atoms with Gasteiger partial charge in [0.25, 0.3) is 5.91 Å². The normalized spacial score (nSPS) is 24.3. The molecule has 11 nitrogen and oxygen atoms in total. The molecule has 11 heteroatoms. The van der Waals surface area contributed by atoms with Gasteiger partial charge in [-0.2, -0.15) is 0 Å². The summed E-state index contributed by atoms with van der Waals surface area (Å²) in [6.07, 6.45) is 14.7. The molecule has 1 unspecified atom stereocenters. The first-order valence-electron chi connectivity index (χ1n) is 18.0. The summed E-state index contributed by atoms with van der Waals surface area (Å²) in [5.41, 5.74) is 5.81. The number of Topliss-reactive ketones (excluding diaryl/α,β-unsaturated/α-hetero) is 1. The summed E-state index contributed by atoms with van der Waals surface area (Å²) >= 11 is 0. The molecule has 0 bridgehead atoms. The highest BCUT2D eigenvalue weighted by Crippen LogP contribution is 2.36. The van der Waals surface area contributed by atoms with Gasteiger partial charge < -0.3 is 26.6 Å². The molecule has 5 N–H and O–H groups in total. The number of nitrogens with one attached hydrogen (secondary N) is 3. The molecule has 4 fully saturated rings. The molecule has 2 heterocycles. The van der Waals surface area contributed by atoms with Crippen LogP contribution in [0, 0.1) is 23.7 Å². The zero-order chi connectivity index (χ0) is 33.6. The van der Waals surface area contributed by atoms with Gasteiger partial charge in [-0.3, -0.25) is 24.2 Å². The Bertz CT molecular complexity index is 1270. The SMILES string of the molecule is CC(C)[C@@H]1C[C@@H](C(=O)NC(CC2CC2)C(=O)C(N)=O)N(C(=O)[C@@H](NC(=O)NC2(Cc3ccccn3)CCCCC2)C2CCCCC2)C1. The average molecular weight is 651 g/mol. The first kappa shape index (κ1) is 34.8. The topological polar surface area (TPSA) is 164 Å². The number of likely N-dealkylation sites (tertiary alicyclic amines) is 1. The summed E-state index contributed by atoms with van der Waals surface area (Å²) in [6.45, 7) is 4.55. The number of carbonyl (C=O) groups is 5. The minimum atomic E-state index is -1.07. The largest absolute Gasteiger partial charge is 0.363 e. The molecule has 3 saturated carbocycles. The van der Waals surface area contributed by atoms with Crippen LogP contribution in [0.4, 0.5) is 4.79 Å². The number of primary amides is 1. The van der Waals surface area contributed by atoms with Crippen LogP contribution < -0.4 is 21.7 Å². The maximum atomic E-state index is 14.6. The minimum absolute atomic E-state index is 0.0408. The number of rotatable bonds is 13. The fourth-order valence-electron chi connectivity index (χ4n) is 8.07. The second-order valence-electron chi connectivity index (χ2n) is 15.0. The zero-order valence-electron chi connectivity index (χ0n) is 28.2. The van der Waals surface area contributed by atoms with Crippen LogP contribution in [0.5, 0.6) is 0 Å². The van der Waals surface area contributed by atoms with Gasteiger partial charge in [0.05, 0.1) is 6.04 Å². The van der Waals surface area contributed by atoms with Crippen molar-refractivity contribution in [3.05, 3.63) is 30.1 Å². The number of carbonyl (C=O) groups excluding carboxylic acids is 5. The number of nitrogens with zero attached hydrogens (tertiary/aromatic N) is 2. The van der Waals surface area contributed by atoms with E-state index in [0.29, 0.717) is 25.8 Å². The fraction of sp³-hybridized carbons (Fsp3) is 0.722. The second kappa shape index (κ2) is 15.6. The van der Waals surface area contributed by atoms with Crippen molar-refractivity contribution in [1.29, 1.82) is 0 Å². The lowest BCUT2D eigenvalue weighted by Gasteiger charge is -2.40. The highest BCUT2D eigenvalue weighted by molar-refractivity contribution is 6.37. The predicted octanol–water partition coefficient (Wildman–Crippen LogP) is 3.79. The van der Waals surface area contributed by atoms with Crippen molar-refractivity contribution in [2.75, 3.05) is 6.54 Å². The van der Waals surface area contributed by atoms with Gasteiger partial charge in [0.1, 0.15) is 12.1 Å². The van der Waals surface area contributed by atoms with Crippen LogP contribution >= 0.6 is 0 Å². The first-order chi connectivity index (χ1) is 22.5. The first-order valence-corrected chi connectivity index (χ1v) is 18.0. The lowest BCUT2D eigenvalue weighted by molar-refractivity contribution is -0.143. The average Bonchev–Trinajstić information content (AvgIpc) is 3.76. The van der Waals surface area contributed by atoms with E-state index in [4.69, 9.17) is 5.73 Å². The van der Waals surface area contributed by atoms with E-state index < -0.39 is 41.3 Å². The molecule has 4 aliphatic rings. The van der Waals surface area contributed by atoms with E-state index in [2.05, 4.69) is 34.8 Å².